The Morgan fingerprint density at radius 1 is 1.17 bits per heavy atom. The SMILES string of the molecule is O=C(NCC(O)(c1ccsc1)c1cccs1)c1ccc(Br)cc1. The third-order valence-electron chi connectivity index (χ3n) is 3.54. The van der Waals surface area contributed by atoms with Gasteiger partial charge in [0.2, 0.25) is 0 Å². The molecule has 0 fully saturated rings. The number of hydrogen-bond acceptors (Lipinski definition) is 4. The molecule has 6 heteroatoms. The summed E-state index contributed by atoms with van der Waals surface area (Å²) >= 11 is 6.35. The van der Waals surface area contributed by atoms with Gasteiger partial charge < -0.3 is 10.4 Å². The second-order valence-corrected chi connectivity index (χ2v) is 7.68. The molecule has 2 heterocycles. The molecule has 0 saturated heterocycles. The van der Waals surface area contributed by atoms with Crippen molar-refractivity contribution in [3.63, 3.8) is 0 Å². The van der Waals surface area contributed by atoms with Gasteiger partial charge in [0.15, 0.2) is 0 Å². The van der Waals surface area contributed by atoms with E-state index >= 15 is 0 Å². The van der Waals surface area contributed by atoms with Gasteiger partial charge in [0.25, 0.3) is 5.91 Å². The average Bonchev–Trinajstić information content (AvgIpc) is 3.26. The number of thiophene rings is 2. The van der Waals surface area contributed by atoms with Crippen molar-refractivity contribution < 1.29 is 9.90 Å². The van der Waals surface area contributed by atoms with E-state index in [2.05, 4.69) is 21.2 Å². The molecule has 3 rings (SSSR count). The molecular weight excluding hydrogens is 394 g/mol. The van der Waals surface area contributed by atoms with Crippen LogP contribution in [-0.2, 0) is 5.60 Å². The Morgan fingerprint density at radius 2 is 1.96 bits per heavy atom. The van der Waals surface area contributed by atoms with Crippen molar-refractivity contribution in [3.8, 4) is 0 Å². The zero-order chi connectivity index (χ0) is 16.3. The monoisotopic (exact) mass is 407 g/mol. The molecule has 0 spiro atoms. The molecule has 3 nitrogen and oxygen atoms in total. The van der Waals surface area contributed by atoms with Crippen LogP contribution in [0.2, 0.25) is 0 Å². The summed E-state index contributed by atoms with van der Waals surface area (Å²) in [5, 5.41) is 19.8. The number of carbonyl (C=O) groups excluding carboxylic acids is 1. The summed E-state index contributed by atoms with van der Waals surface area (Å²) in [5.41, 5.74) is 0.146. The van der Waals surface area contributed by atoms with E-state index in [-0.39, 0.29) is 12.5 Å². The normalized spacial score (nSPS) is 13.5. The van der Waals surface area contributed by atoms with Gasteiger partial charge in [0.05, 0.1) is 6.54 Å². The molecule has 23 heavy (non-hydrogen) atoms. The Morgan fingerprint density at radius 3 is 2.57 bits per heavy atom. The highest BCUT2D eigenvalue weighted by molar-refractivity contribution is 9.10. The third-order valence-corrected chi connectivity index (χ3v) is 5.77. The van der Waals surface area contributed by atoms with E-state index in [9.17, 15) is 9.90 Å². The maximum Gasteiger partial charge on any atom is 0.251 e. The molecule has 0 radical (unpaired) electrons. The fourth-order valence-electron chi connectivity index (χ4n) is 2.26. The molecular formula is C17H14BrNO2S2. The van der Waals surface area contributed by atoms with Crippen LogP contribution in [0.25, 0.3) is 0 Å². The summed E-state index contributed by atoms with van der Waals surface area (Å²) in [7, 11) is 0. The van der Waals surface area contributed by atoms with Crippen molar-refractivity contribution in [1.29, 1.82) is 0 Å². The number of rotatable bonds is 5. The maximum absolute atomic E-state index is 12.3. The number of halogens is 1. The van der Waals surface area contributed by atoms with Crippen LogP contribution in [-0.4, -0.2) is 17.6 Å². The quantitative estimate of drug-likeness (QED) is 0.664. The van der Waals surface area contributed by atoms with E-state index < -0.39 is 5.60 Å². The summed E-state index contributed by atoms with van der Waals surface area (Å²) in [5.74, 6) is -0.206. The third kappa shape index (κ3) is 3.55. The highest BCUT2D eigenvalue weighted by Crippen LogP contribution is 2.33. The smallest absolute Gasteiger partial charge is 0.251 e. The first kappa shape index (κ1) is 16.4. The molecule has 0 saturated carbocycles. The second-order valence-electron chi connectivity index (χ2n) is 5.04. The Balaban J connectivity index is 1.80. The molecule has 1 aromatic carbocycles. The van der Waals surface area contributed by atoms with Crippen molar-refractivity contribution in [1.82, 2.24) is 5.32 Å². The van der Waals surface area contributed by atoms with Gasteiger partial charge in [-0.1, -0.05) is 22.0 Å². The number of amides is 1. The summed E-state index contributed by atoms with van der Waals surface area (Å²) in [6.45, 7) is 0.124. The van der Waals surface area contributed by atoms with Gasteiger partial charge in [0, 0.05) is 20.5 Å². The van der Waals surface area contributed by atoms with E-state index in [1.807, 2.05) is 46.5 Å². The fourth-order valence-corrected chi connectivity index (χ4v) is 4.09. The lowest BCUT2D eigenvalue weighted by atomic mass is 9.94. The van der Waals surface area contributed by atoms with E-state index in [1.54, 1.807) is 12.1 Å². The van der Waals surface area contributed by atoms with Crippen LogP contribution in [0.1, 0.15) is 20.8 Å². The van der Waals surface area contributed by atoms with Crippen molar-refractivity contribution in [2.75, 3.05) is 6.54 Å². The molecule has 118 valence electrons. The van der Waals surface area contributed by atoms with Gasteiger partial charge in [0.1, 0.15) is 5.60 Å². The molecule has 0 aliphatic heterocycles. The topological polar surface area (TPSA) is 49.3 Å². The van der Waals surface area contributed by atoms with Crippen LogP contribution in [0.5, 0.6) is 0 Å². The van der Waals surface area contributed by atoms with Crippen LogP contribution in [0.15, 0.2) is 63.1 Å². The molecule has 0 aliphatic carbocycles. The Bertz CT molecular complexity index is 733. The minimum atomic E-state index is -1.21. The lowest BCUT2D eigenvalue weighted by molar-refractivity contribution is 0.0721. The number of hydrogen-bond donors (Lipinski definition) is 2. The van der Waals surface area contributed by atoms with Crippen LogP contribution >= 0.6 is 38.6 Å². The van der Waals surface area contributed by atoms with Gasteiger partial charge in [-0.05, 0) is 52.5 Å². The fraction of sp³-hybridized carbons (Fsp3) is 0.118. The predicted octanol–water partition coefficient (Wildman–Crippen LogP) is 4.24. The van der Waals surface area contributed by atoms with Gasteiger partial charge in [-0.15, -0.1) is 11.3 Å². The highest BCUT2D eigenvalue weighted by atomic mass is 79.9. The van der Waals surface area contributed by atoms with E-state index in [4.69, 9.17) is 0 Å². The zero-order valence-electron chi connectivity index (χ0n) is 12.0. The highest BCUT2D eigenvalue weighted by Gasteiger charge is 2.33. The Labute approximate surface area is 150 Å². The van der Waals surface area contributed by atoms with Gasteiger partial charge in [-0.25, -0.2) is 0 Å². The summed E-state index contributed by atoms with van der Waals surface area (Å²) in [6, 6.07) is 12.8. The Kier molecular flexibility index (Phi) is 4.96. The minimum absolute atomic E-state index is 0.124. The lowest BCUT2D eigenvalue weighted by Crippen LogP contribution is -2.40. The molecule has 2 aromatic heterocycles. The van der Waals surface area contributed by atoms with E-state index in [0.29, 0.717) is 5.56 Å². The standard InChI is InChI=1S/C17H14BrNO2S2/c18-14-5-3-12(4-6-14)16(20)19-11-17(21,13-7-9-22-10-13)15-2-1-8-23-15/h1-10,21H,11H2,(H,19,20). The lowest BCUT2D eigenvalue weighted by Gasteiger charge is -2.27. The zero-order valence-corrected chi connectivity index (χ0v) is 15.2. The maximum atomic E-state index is 12.3. The molecule has 0 aliphatic rings. The molecule has 1 amide bonds. The number of carbonyl (C=O) groups is 1. The van der Waals surface area contributed by atoms with Crippen molar-refractivity contribution in [2.24, 2.45) is 0 Å². The number of benzene rings is 1. The molecule has 0 bridgehead atoms. The van der Waals surface area contributed by atoms with Gasteiger partial charge in [-0.2, -0.15) is 11.3 Å². The van der Waals surface area contributed by atoms with Crippen LogP contribution in [0, 0.1) is 0 Å². The predicted molar refractivity (Wildman–Crippen MR) is 98.1 cm³/mol. The largest absolute Gasteiger partial charge is 0.378 e. The van der Waals surface area contributed by atoms with Crippen LogP contribution < -0.4 is 5.32 Å². The molecule has 2 N–H and O–H groups in total. The van der Waals surface area contributed by atoms with E-state index in [0.717, 1.165) is 14.9 Å². The van der Waals surface area contributed by atoms with Gasteiger partial charge in [-0.3, -0.25) is 4.79 Å². The number of aliphatic hydroxyl groups is 1. The van der Waals surface area contributed by atoms with Crippen LogP contribution in [0.4, 0.5) is 0 Å². The summed E-state index contributed by atoms with van der Waals surface area (Å²) in [6.07, 6.45) is 0. The second kappa shape index (κ2) is 6.97. The average molecular weight is 408 g/mol. The van der Waals surface area contributed by atoms with Crippen LogP contribution in [0.3, 0.4) is 0 Å². The summed E-state index contributed by atoms with van der Waals surface area (Å²) < 4.78 is 0.919. The van der Waals surface area contributed by atoms with Crippen molar-refractivity contribution >= 4 is 44.5 Å². The molecule has 1 atom stereocenters. The van der Waals surface area contributed by atoms with Crippen molar-refractivity contribution in [2.45, 2.75) is 5.60 Å². The first-order chi connectivity index (χ1) is 11.1. The number of nitrogens with one attached hydrogen (secondary N) is 1. The first-order valence-corrected chi connectivity index (χ1v) is 9.54. The summed E-state index contributed by atoms with van der Waals surface area (Å²) in [4.78, 5) is 13.1. The first-order valence-electron chi connectivity index (χ1n) is 6.92. The van der Waals surface area contributed by atoms with Gasteiger partial charge >= 0.3 is 0 Å². The van der Waals surface area contributed by atoms with Crippen molar-refractivity contribution in [3.05, 3.63) is 79.1 Å². The minimum Gasteiger partial charge on any atom is -0.378 e. The Hall–Kier alpha value is -1.47. The van der Waals surface area contributed by atoms with E-state index in [1.165, 1.54) is 22.7 Å². The molecule has 3 aromatic rings. The molecule has 1 unspecified atom stereocenters.